The summed E-state index contributed by atoms with van der Waals surface area (Å²) < 4.78 is 2.94. The summed E-state index contributed by atoms with van der Waals surface area (Å²) >= 11 is 3.44. The van der Waals surface area contributed by atoms with Crippen molar-refractivity contribution in [3.05, 3.63) is 22.4 Å². The Bertz CT molecular complexity index is 455. The minimum absolute atomic E-state index is 0.0786. The lowest BCUT2D eigenvalue weighted by atomic mass is 10.1. The van der Waals surface area contributed by atoms with Crippen LogP contribution in [0.4, 0.5) is 0 Å². The molecule has 1 aromatic heterocycles. The zero-order chi connectivity index (χ0) is 13.4. The van der Waals surface area contributed by atoms with Crippen molar-refractivity contribution < 1.29 is 4.79 Å². The predicted molar refractivity (Wildman–Crippen MR) is 75.6 cm³/mol. The van der Waals surface area contributed by atoms with E-state index in [1.807, 2.05) is 28.7 Å². The van der Waals surface area contributed by atoms with Crippen LogP contribution in [0, 0.1) is 0 Å². The Morgan fingerprint density at radius 3 is 2.72 bits per heavy atom. The molecule has 0 spiro atoms. The largest absolute Gasteiger partial charge is 0.340 e. The summed E-state index contributed by atoms with van der Waals surface area (Å²) in [4.78, 5) is 14.5. The van der Waals surface area contributed by atoms with Crippen molar-refractivity contribution in [1.82, 2.24) is 9.47 Å². The van der Waals surface area contributed by atoms with E-state index in [0.717, 1.165) is 23.1 Å². The van der Waals surface area contributed by atoms with Crippen LogP contribution in [-0.4, -0.2) is 34.0 Å². The van der Waals surface area contributed by atoms with Crippen LogP contribution in [0.25, 0.3) is 0 Å². The van der Waals surface area contributed by atoms with E-state index in [1.54, 1.807) is 0 Å². The first-order valence-corrected chi connectivity index (χ1v) is 7.15. The topological polar surface area (TPSA) is 51.3 Å². The quantitative estimate of drug-likeness (QED) is 0.911. The minimum atomic E-state index is 0.0786. The van der Waals surface area contributed by atoms with Gasteiger partial charge in [-0.25, -0.2) is 0 Å². The van der Waals surface area contributed by atoms with Crippen molar-refractivity contribution in [3.8, 4) is 0 Å². The molecule has 18 heavy (non-hydrogen) atoms. The Kier molecular flexibility index (Phi) is 3.82. The average Bonchev–Trinajstić information content (AvgIpc) is 2.84. The first-order chi connectivity index (χ1) is 8.41. The number of amides is 1. The van der Waals surface area contributed by atoms with Crippen LogP contribution < -0.4 is 5.73 Å². The van der Waals surface area contributed by atoms with Crippen molar-refractivity contribution in [2.45, 2.75) is 45.3 Å². The number of carbonyl (C=O) groups excluding carboxylic acids is 1. The highest BCUT2D eigenvalue weighted by Gasteiger charge is 2.33. The molecule has 2 heterocycles. The van der Waals surface area contributed by atoms with Gasteiger partial charge in [0.1, 0.15) is 5.69 Å². The van der Waals surface area contributed by atoms with Crippen LogP contribution in [-0.2, 0) is 0 Å². The highest BCUT2D eigenvalue weighted by Crippen LogP contribution is 2.24. The summed E-state index contributed by atoms with van der Waals surface area (Å²) in [6.45, 7) is 6.92. The molecule has 1 fully saturated rings. The van der Waals surface area contributed by atoms with Crippen molar-refractivity contribution in [2.75, 3.05) is 6.54 Å². The van der Waals surface area contributed by atoms with E-state index in [0.29, 0.717) is 0 Å². The molecule has 2 rings (SSSR count). The van der Waals surface area contributed by atoms with Crippen molar-refractivity contribution >= 4 is 21.8 Å². The molecule has 0 radical (unpaired) electrons. The third-order valence-electron chi connectivity index (χ3n) is 3.67. The number of nitrogens with zero attached hydrogens (tertiary/aromatic N) is 2. The highest BCUT2D eigenvalue weighted by molar-refractivity contribution is 9.10. The smallest absolute Gasteiger partial charge is 0.270 e. The molecular weight excluding hydrogens is 294 g/mol. The fourth-order valence-corrected chi connectivity index (χ4v) is 2.88. The fourth-order valence-electron chi connectivity index (χ4n) is 2.44. The van der Waals surface area contributed by atoms with Crippen molar-refractivity contribution in [2.24, 2.45) is 5.73 Å². The third kappa shape index (κ3) is 2.34. The SMILES string of the molecule is CC1C(N)CCN1C(=O)c1cc(Br)cn1C(C)C. The summed E-state index contributed by atoms with van der Waals surface area (Å²) in [7, 11) is 0. The van der Waals surface area contributed by atoms with E-state index in [1.165, 1.54) is 0 Å². The number of hydrogen-bond donors (Lipinski definition) is 1. The van der Waals surface area contributed by atoms with E-state index in [4.69, 9.17) is 5.73 Å². The molecule has 1 aromatic rings. The normalized spacial score (nSPS) is 24.0. The van der Waals surface area contributed by atoms with Crippen LogP contribution in [0.15, 0.2) is 16.7 Å². The van der Waals surface area contributed by atoms with Gasteiger partial charge < -0.3 is 15.2 Å². The number of aromatic nitrogens is 1. The molecule has 2 unspecified atom stereocenters. The number of rotatable bonds is 2. The second kappa shape index (κ2) is 5.05. The van der Waals surface area contributed by atoms with Crippen LogP contribution >= 0.6 is 15.9 Å². The van der Waals surface area contributed by atoms with Crippen LogP contribution in [0.1, 0.15) is 43.7 Å². The van der Waals surface area contributed by atoms with E-state index < -0.39 is 0 Å². The van der Waals surface area contributed by atoms with Gasteiger partial charge in [-0.3, -0.25) is 4.79 Å². The molecule has 0 aromatic carbocycles. The lowest BCUT2D eigenvalue weighted by molar-refractivity contribution is 0.0730. The molecule has 100 valence electrons. The molecule has 1 amide bonds. The Morgan fingerprint density at radius 2 is 2.22 bits per heavy atom. The van der Waals surface area contributed by atoms with Gasteiger partial charge in [-0.05, 0) is 49.2 Å². The summed E-state index contributed by atoms with van der Waals surface area (Å²) in [5, 5.41) is 0. The second-order valence-corrected chi connectivity index (χ2v) is 6.15. The van der Waals surface area contributed by atoms with Gasteiger partial charge in [0.2, 0.25) is 0 Å². The predicted octanol–water partition coefficient (Wildman–Crippen LogP) is 2.39. The van der Waals surface area contributed by atoms with Crippen LogP contribution in [0.5, 0.6) is 0 Å². The molecule has 0 aliphatic carbocycles. The van der Waals surface area contributed by atoms with Gasteiger partial charge in [0.25, 0.3) is 5.91 Å². The molecule has 5 heteroatoms. The molecule has 1 saturated heterocycles. The lowest BCUT2D eigenvalue weighted by Gasteiger charge is -2.24. The van der Waals surface area contributed by atoms with E-state index in [9.17, 15) is 4.79 Å². The molecule has 2 atom stereocenters. The number of nitrogens with two attached hydrogens (primary N) is 1. The first-order valence-electron chi connectivity index (χ1n) is 6.35. The van der Waals surface area contributed by atoms with E-state index >= 15 is 0 Å². The van der Waals surface area contributed by atoms with Gasteiger partial charge in [-0.1, -0.05) is 0 Å². The van der Waals surface area contributed by atoms with Gasteiger partial charge in [-0.15, -0.1) is 0 Å². The van der Waals surface area contributed by atoms with E-state index in [-0.39, 0.29) is 24.0 Å². The second-order valence-electron chi connectivity index (χ2n) is 5.24. The standard InChI is InChI=1S/C13H20BrN3O/c1-8(2)17-7-10(14)6-12(17)13(18)16-5-4-11(15)9(16)3/h6-9,11H,4-5,15H2,1-3H3. The monoisotopic (exact) mass is 313 g/mol. The molecule has 1 aliphatic rings. The zero-order valence-corrected chi connectivity index (χ0v) is 12.6. The maximum atomic E-state index is 12.6. The zero-order valence-electron chi connectivity index (χ0n) is 11.1. The summed E-state index contributed by atoms with van der Waals surface area (Å²) in [6, 6.07) is 2.37. The molecule has 2 N–H and O–H groups in total. The summed E-state index contributed by atoms with van der Waals surface area (Å²) in [5.74, 6) is 0.0786. The van der Waals surface area contributed by atoms with Gasteiger partial charge >= 0.3 is 0 Å². The Hall–Kier alpha value is -0.810. The van der Waals surface area contributed by atoms with Crippen LogP contribution in [0.2, 0.25) is 0 Å². The maximum Gasteiger partial charge on any atom is 0.270 e. The van der Waals surface area contributed by atoms with Crippen molar-refractivity contribution in [3.63, 3.8) is 0 Å². The van der Waals surface area contributed by atoms with Gasteiger partial charge in [0.15, 0.2) is 0 Å². The lowest BCUT2D eigenvalue weighted by Crippen LogP contribution is -2.41. The molecule has 0 saturated carbocycles. The first kappa shape index (κ1) is 13.6. The van der Waals surface area contributed by atoms with E-state index in [2.05, 4.69) is 29.8 Å². The molecule has 4 nitrogen and oxygen atoms in total. The average molecular weight is 314 g/mol. The Labute approximate surface area is 116 Å². The minimum Gasteiger partial charge on any atom is -0.340 e. The molecular formula is C13H20BrN3O. The number of likely N-dealkylation sites (tertiary alicyclic amines) is 1. The van der Waals surface area contributed by atoms with Crippen molar-refractivity contribution in [1.29, 1.82) is 0 Å². The molecule has 0 bridgehead atoms. The Morgan fingerprint density at radius 1 is 1.56 bits per heavy atom. The highest BCUT2D eigenvalue weighted by atomic mass is 79.9. The summed E-state index contributed by atoms with van der Waals surface area (Å²) in [5.41, 5.74) is 6.71. The number of carbonyl (C=O) groups is 1. The number of hydrogen-bond acceptors (Lipinski definition) is 2. The molecule has 1 aliphatic heterocycles. The maximum absolute atomic E-state index is 12.6. The fraction of sp³-hybridized carbons (Fsp3) is 0.615. The van der Waals surface area contributed by atoms with Crippen LogP contribution in [0.3, 0.4) is 0 Å². The third-order valence-corrected chi connectivity index (χ3v) is 4.10. The Balaban J connectivity index is 2.29. The van der Waals surface area contributed by atoms with Gasteiger partial charge in [-0.2, -0.15) is 0 Å². The van der Waals surface area contributed by atoms with Gasteiger partial charge in [0.05, 0.1) is 0 Å². The number of halogens is 1. The van der Waals surface area contributed by atoms with Gasteiger partial charge in [0, 0.05) is 35.3 Å². The summed E-state index contributed by atoms with van der Waals surface area (Å²) in [6.07, 6.45) is 2.84.